The maximum absolute atomic E-state index is 12.7. The van der Waals surface area contributed by atoms with Crippen molar-refractivity contribution in [3.63, 3.8) is 0 Å². The predicted octanol–water partition coefficient (Wildman–Crippen LogP) is 4.47. The average molecular weight is 344 g/mol. The molecular weight excluding hydrogens is 330 g/mol. The van der Waals surface area contributed by atoms with E-state index in [1.165, 1.54) is 19.2 Å². The van der Waals surface area contributed by atoms with Crippen LogP contribution in [0.2, 0.25) is 5.02 Å². The van der Waals surface area contributed by atoms with Crippen molar-refractivity contribution in [3.05, 3.63) is 73.8 Å². The number of rotatable bonds is 3. The summed E-state index contributed by atoms with van der Waals surface area (Å²) in [5.74, 6) is 0.337. The Hall–Kier alpha value is -2.66. The lowest BCUT2D eigenvalue weighted by atomic mass is 9.85. The third-order valence-electron chi connectivity index (χ3n) is 4.05. The lowest BCUT2D eigenvalue weighted by Crippen LogP contribution is -2.14. The fraction of sp³-hybridized carbons (Fsp3) is 0.167. The van der Waals surface area contributed by atoms with Gasteiger partial charge in [-0.15, -0.1) is 0 Å². The van der Waals surface area contributed by atoms with E-state index in [2.05, 4.69) is 0 Å². The van der Waals surface area contributed by atoms with Crippen molar-refractivity contribution in [2.75, 3.05) is 7.11 Å². The van der Waals surface area contributed by atoms with Gasteiger partial charge >= 0.3 is 0 Å². The van der Waals surface area contributed by atoms with E-state index in [4.69, 9.17) is 16.3 Å². The second kappa shape index (κ2) is 6.45. The highest BCUT2D eigenvalue weighted by Crippen LogP contribution is 2.33. The Labute approximate surface area is 143 Å². The number of nitro benzene ring substituents is 1. The van der Waals surface area contributed by atoms with E-state index in [-0.39, 0.29) is 11.5 Å². The number of nitrogens with zero attached hydrogens (tertiary/aromatic N) is 1. The first-order chi connectivity index (χ1) is 11.5. The lowest BCUT2D eigenvalue weighted by Gasteiger charge is -2.17. The van der Waals surface area contributed by atoms with Crippen LogP contribution in [0.5, 0.6) is 5.75 Å². The number of nitro groups is 1. The maximum Gasteiger partial charge on any atom is 0.270 e. The topological polar surface area (TPSA) is 69.4 Å². The Balaban J connectivity index is 2.02. The zero-order valence-corrected chi connectivity index (χ0v) is 13.7. The molecule has 0 saturated heterocycles. The van der Waals surface area contributed by atoms with Crippen LogP contribution < -0.4 is 4.74 Å². The summed E-state index contributed by atoms with van der Waals surface area (Å²) in [6, 6.07) is 9.77. The van der Waals surface area contributed by atoms with Gasteiger partial charge in [0, 0.05) is 23.3 Å². The number of allylic oxidation sites excluding steroid dienone is 1. The molecule has 0 heterocycles. The second-order valence-corrected chi connectivity index (χ2v) is 5.84. The minimum Gasteiger partial charge on any atom is -0.495 e. The Kier molecular flexibility index (Phi) is 4.36. The molecule has 0 amide bonds. The number of aryl methyl sites for hydroxylation is 1. The monoisotopic (exact) mass is 343 g/mol. The summed E-state index contributed by atoms with van der Waals surface area (Å²) in [5, 5.41) is 11.4. The van der Waals surface area contributed by atoms with Crippen LogP contribution in [0.1, 0.15) is 27.9 Å². The molecule has 0 atom stereocenters. The van der Waals surface area contributed by atoms with Crippen molar-refractivity contribution in [3.8, 4) is 5.75 Å². The molecule has 0 saturated carbocycles. The smallest absolute Gasteiger partial charge is 0.270 e. The number of hydrogen-bond acceptors (Lipinski definition) is 4. The van der Waals surface area contributed by atoms with Gasteiger partial charge in [-0.25, -0.2) is 0 Å². The van der Waals surface area contributed by atoms with Gasteiger partial charge in [-0.1, -0.05) is 29.8 Å². The lowest BCUT2D eigenvalue weighted by molar-refractivity contribution is -0.384. The van der Waals surface area contributed by atoms with Crippen LogP contribution in [0, 0.1) is 10.1 Å². The minimum atomic E-state index is -0.496. The molecule has 0 bridgehead atoms. The van der Waals surface area contributed by atoms with E-state index in [0.29, 0.717) is 40.3 Å². The van der Waals surface area contributed by atoms with Crippen LogP contribution in [0.25, 0.3) is 6.08 Å². The molecule has 1 aliphatic rings. The summed E-state index contributed by atoms with van der Waals surface area (Å²) in [5.41, 5.74) is 2.41. The van der Waals surface area contributed by atoms with Gasteiger partial charge in [0.25, 0.3) is 5.69 Å². The maximum atomic E-state index is 12.7. The van der Waals surface area contributed by atoms with Gasteiger partial charge in [0.05, 0.1) is 17.1 Å². The summed E-state index contributed by atoms with van der Waals surface area (Å²) in [4.78, 5) is 23.1. The van der Waals surface area contributed by atoms with Crippen LogP contribution >= 0.6 is 11.6 Å². The standard InChI is InChI=1S/C18H14ClNO4/c1-24-16-4-2-3-12(17(16)19)9-13-6-5-11-7-8-14(20(22)23)10-15(11)18(13)21/h2-4,7-10H,5-6H2,1H3/b13-9+. The summed E-state index contributed by atoms with van der Waals surface area (Å²) in [7, 11) is 1.53. The number of non-ortho nitro benzene ring substituents is 1. The number of fused-ring (bicyclic) bond motifs is 1. The molecule has 5 nitrogen and oxygen atoms in total. The fourth-order valence-electron chi connectivity index (χ4n) is 2.79. The number of Topliss-reactive ketones (excluding diaryl/α,β-unsaturated/α-hetero) is 1. The number of halogens is 1. The normalized spacial score (nSPS) is 15.2. The first-order valence-electron chi connectivity index (χ1n) is 7.36. The van der Waals surface area contributed by atoms with Crippen LogP contribution in [0.3, 0.4) is 0 Å². The highest BCUT2D eigenvalue weighted by Gasteiger charge is 2.24. The molecule has 0 radical (unpaired) electrons. The van der Waals surface area contributed by atoms with E-state index in [0.717, 1.165) is 5.56 Å². The Morgan fingerprint density at radius 2 is 2.04 bits per heavy atom. The SMILES string of the molecule is COc1cccc(/C=C2\CCc3ccc([N+](=O)[O-])cc3C2=O)c1Cl. The number of hydrogen-bond donors (Lipinski definition) is 0. The first-order valence-corrected chi connectivity index (χ1v) is 7.74. The van der Waals surface area contributed by atoms with Gasteiger partial charge < -0.3 is 4.74 Å². The molecule has 0 fully saturated rings. The summed E-state index contributed by atoms with van der Waals surface area (Å²) >= 11 is 6.27. The van der Waals surface area contributed by atoms with Crippen LogP contribution in [0.4, 0.5) is 5.69 Å². The zero-order chi connectivity index (χ0) is 17.3. The summed E-state index contributed by atoms with van der Waals surface area (Å²) in [6.07, 6.45) is 2.96. The van der Waals surface area contributed by atoms with E-state index in [1.807, 2.05) is 0 Å². The van der Waals surface area contributed by atoms with Crippen molar-refractivity contribution in [2.45, 2.75) is 12.8 Å². The average Bonchev–Trinajstić information content (AvgIpc) is 2.58. The van der Waals surface area contributed by atoms with Crippen molar-refractivity contribution in [1.82, 2.24) is 0 Å². The van der Waals surface area contributed by atoms with Gasteiger partial charge in [0.1, 0.15) is 5.75 Å². The molecule has 0 aliphatic heterocycles. The highest BCUT2D eigenvalue weighted by molar-refractivity contribution is 6.33. The van der Waals surface area contributed by atoms with Crippen molar-refractivity contribution in [2.24, 2.45) is 0 Å². The van der Waals surface area contributed by atoms with E-state index in [9.17, 15) is 14.9 Å². The molecule has 24 heavy (non-hydrogen) atoms. The van der Waals surface area contributed by atoms with Gasteiger partial charge in [-0.05, 0) is 36.1 Å². The molecule has 2 aromatic carbocycles. The van der Waals surface area contributed by atoms with Crippen molar-refractivity contribution < 1.29 is 14.5 Å². The van der Waals surface area contributed by atoms with Crippen LogP contribution in [0.15, 0.2) is 42.0 Å². The van der Waals surface area contributed by atoms with E-state index >= 15 is 0 Å². The molecule has 1 aliphatic carbocycles. The molecule has 2 aromatic rings. The quantitative estimate of drug-likeness (QED) is 0.468. The van der Waals surface area contributed by atoms with Crippen molar-refractivity contribution >= 4 is 29.1 Å². The van der Waals surface area contributed by atoms with E-state index < -0.39 is 4.92 Å². The molecule has 0 N–H and O–H groups in total. The number of ketones is 1. The number of carbonyl (C=O) groups excluding carboxylic acids is 1. The van der Waals surface area contributed by atoms with Crippen molar-refractivity contribution in [1.29, 1.82) is 0 Å². The Bertz CT molecular complexity index is 873. The highest BCUT2D eigenvalue weighted by atomic mass is 35.5. The Morgan fingerprint density at radius 1 is 1.25 bits per heavy atom. The second-order valence-electron chi connectivity index (χ2n) is 5.46. The number of benzene rings is 2. The third kappa shape index (κ3) is 2.90. The number of ether oxygens (including phenoxy) is 1. The van der Waals surface area contributed by atoms with Gasteiger partial charge in [-0.2, -0.15) is 0 Å². The van der Waals surface area contributed by atoms with E-state index in [1.54, 1.807) is 30.3 Å². The van der Waals surface area contributed by atoms with Crippen LogP contribution in [-0.4, -0.2) is 17.8 Å². The largest absolute Gasteiger partial charge is 0.495 e. The zero-order valence-electron chi connectivity index (χ0n) is 12.9. The summed E-state index contributed by atoms with van der Waals surface area (Å²) in [6.45, 7) is 0. The molecule has 6 heteroatoms. The summed E-state index contributed by atoms with van der Waals surface area (Å²) < 4.78 is 5.18. The number of methoxy groups -OCH3 is 1. The van der Waals surface area contributed by atoms with Gasteiger partial charge in [-0.3, -0.25) is 14.9 Å². The molecule has 0 spiro atoms. The fourth-order valence-corrected chi connectivity index (χ4v) is 3.04. The van der Waals surface area contributed by atoms with Gasteiger partial charge in [0.2, 0.25) is 0 Å². The molecule has 3 rings (SSSR count). The molecule has 122 valence electrons. The van der Waals surface area contributed by atoms with Gasteiger partial charge in [0.15, 0.2) is 5.78 Å². The van der Waals surface area contributed by atoms with Crippen LogP contribution in [-0.2, 0) is 6.42 Å². The molecule has 0 unspecified atom stereocenters. The first kappa shape index (κ1) is 16.2. The number of carbonyl (C=O) groups is 1. The molecule has 0 aromatic heterocycles. The molecular formula is C18H14ClNO4. The minimum absolute atomic E-state index is 0.0808. The Morgan fingerprint density at radius 3 is 2.75 bits per heavy atom. The third-order valence-corrected chi connectivity index (χ3v) is 4.45. The predicted molar refractivity (Wildman–Crippen MR) is 91.7 cm³/mol.